The van der Waals surface area contributed by atoms with Crippen molar-refractivity contribution in [3.63, 3.8) is 0 Å². The first kappa shape index (κ1) is 16.9. The lowest BCUT2D eigenvalue weighted by molar-refractivity contribution is 0.406. The van der Waals surface area contributed by atoms with Gasteiger partial charge in [-0.1, -0.05) is 5.16 Å². The van der Waals surface area contributed by atoms with Crippen LogP contribution in [0.1, 0.15) is 41.2 Å². The van der Waals surface area contributed by atoms with E-state index in [9.17, 15) is 0 Å². The van der Waals surface area contributed by atoms with Crippen LogP contribution in [0.2, 0.25) is 0 Å². The lowest BCUT2D eigenvalue weighted by Crippen LogP contribution is -2.43. The smallest absolute Gasteiger partial charge is 0.261 e. The summed E-state index contributed by atoms with van der Waals surface area (Å²) in [5, 5.41) is 8.04. The first-order valence-corrected chi connectivity index (χ1v) is 10.8. The van der Waals surface area contributed by atoms with Crippen molar-refractivity contribution in [2.75, 3.05) is 31.6 Å². The molecule has 31 heavy (non-hydrogen) atoms. The van der Waals surface area contributed by atoms with Gasteiger partial charge in [-0.05, 0) is 63.6 Å². The second-order valence-corrected chi connectivity index (χ2v) is 8.60. The summed E-state index contributed by atoms with van der Waals surface area (Å²) in [5.41, 5.74) is 1.45. The minimum Gasteiger partial charge on any atom is -0.497 e. The molecule has 0 spiro atoms. The van der Waals surface area contributed by atoms with Crippen molar-refractivity contribution in [3.05, 3.63) is 29.3 Å². The Kier molecular flexibility index (Phi) is 4.40. The molecule has 2 aliphatic rings. The molecule has 1 aromatic carbocycles. The third-order valence-corrected chi connectivity index (χ3v) is 6.30. The first-order chi connectivity index (χ1) is 16.2. The van der Waals surface area contributed by atoms with Gasteiger partial charge in [-0.25, -0.2) is 9.37 Å². The van der Waals surface area contributed by atoms with Crippen molar-refractivity contribution >= 4 is 16.7 Å². The molecule has 0 bridgehead atoms. The van der Waals surface area contributed by atoms with Gasteiger partial charge in [-0.2, -0.15) is 4.98 Å². The van der Waals surface area contributed by atoms with Gasteiger partial charge in [0.05, 0.1) is 16.7 Å². The van der Waals surface area contributed by atoms with Gasteiger partial charge in [0.15, 0.2) is 11.6 Å². The zero-order valence-electron chi connectivity index (χ0n) is 20.7. The number of halogens is 1. The van der Waals surface area contributed by atoms with Crippen LogP contribution < -0.4 is 15.0 Å². The number of benzene rings is 1. The lowest BCUT2D eigenvalue weighted by atomic mass is 10.00. The van der Waals surface area contributed by atoms with Crippen LogP contribution in [-0.4, -0.2) is 47.8 Å². The Morgan fingerprint density at radius 3 is 2.71 bits per heavy atom. The van der Waals surface area contributed by atoms with Gasteiger partial charge in [0.25, 0.3) is 5.89 Å². The van der Waals surface area contributed by atoms with Gasteiger partial charge in [-0.15, -0.1) is 0 Å². The highest BCUT2D eigenvalue weighted by Crippen LogP contribution is 2.39. The molecular weight excluding hydrogens is 397 g/mol. The van der Waals surface area contributed by atoms with E-state index in [0.29, 0.717) is 40.1 Å². The summed E-state index contributed by atoms with van der Waals surface area (Å²) in [6.45, 7) is 6.17. The Labute approximate surface area is 185 Å². The Balaban J connectivity index is 1.53. The molecule has 3 aromatic rings. The predicted molar refractivity (Wildman–Crippen MR) is 117 cm³/mol. The van der Waals surface area contributed by atoms with Crippen molar-refractivity contribution in [3.8, 4) is 17.2 Å². The summed E-state index contributed by atoms with van der Waals surface area (Å²) >= 11 is 0. The zero-order valence-corrected chi connectivity index (χ0v) is 17.7. The molecule has 0 unspecified atom stereocenters. The number of pyridine rings is 1. The van der Waals surface area contributed by atoms with Crippen molar-refractivity contribution in [1.82, 2.24) is 20.4 Å². The Morgan fingerprint density at radius 2 is 2.03 bits per heavy atom. The highest BCUT2D eigenvalue weighted by atomic mass is 19.1. The van der Waals surface area contributed by atoms with Crippen LogP contribution in [0.15, 0.2) is 16.7 Å². The molecule has 7 nitrogen and oxygen atoms in total. The summed E-state index contributed by atoms with van der Waals surface area (Å²) in [7, 11) is -2.69. The number of hydrogen-bond donors (Lipinski definition) is 1. The number of fused-ring (bicyclic) bond motifs is 1. The maximum Gasteiger partial charge on any atom is 0.261 e. The molecule has 0 radical (unpaired) electrons. The maximum absolute atomic E-state index is 15.1. The molecule has 164 valence electrons. The average Bonchev–Trinajstić information content (AvgIpc) is 3.51. The normalized spacial score (nSPS) is 19.3. The van der Waals surface area contributed by atoms with Crippen molar-refractivity contribution < 1.29 is 17.8 Å². The van der Waals surface area contributed by atoms with E-state index in [-0.39, 0.29) is 11.3 Å². The van der Waals surface area contributed by atoms with Crippen molar-refractivity contribution in [2.45, 2.75) is 45.6 Å². The van der Waals surface area contributed by atoms with Gasteiger partial charge >= 0.3 is 0 Å². The van der Waals surface area contributed by atoms with Crippen molar-refractivity contribution in [2.24, 2.45) is 5.92 Å². The Bertz CT molecular complexity index is 1200. The minimum atomic E-state index is -2.69. The predicted octanol–water partition coefficient (Wildman–Crippen LogP) is 4.02. The molecular formula is C23H28FN5O2. The SMILES string of the molecule is [2H]C([2H])([2H])Oc1cc(F)c2nc(N3CCC(NCC4CC4)CC3)c(-c3nc(C)no3)c(C)c2c1. The van der Waals surface area contributed by atoms with Gasteiger partial charge < -0.3 is 19.5 Å². The van der Waals surface area contributed by atoms with Gasteiger partial charge in [-0.3, -0.25) is 0 Å². The molecule has 5 rings (SSSR count). The fraction of sp³-hybridized carbons (Fsp3) is 0.522. The number of rotatable bonds is 6. The second kappa shape index (κ2) is 8.07. The van der Waals surface area contributed by atoms with Crippen LogP contribution in [0.3, 0.4) is 0 Å². The van der Waals surface area contributed by atoms with E-state index >= 15 is 4.39 Å². The lowest BCUT2D eigenvalue weighted by Gasteiger charge is -2.34. The summed E-state index contributed by atoms with van der Waals surface area (Å²) in [6, 6.07) is 3.02. The van der Waals surface area contributed by atoms with Crippen LogP contribution in [0, 0.1) is 25.6 Å². The van der Waals surface area contributed by atoms with E-state index in [1.807, 2.05) is 6.92 Å². The number of hydrogen-bond acceptors (Lipinski definition) is 7. The van der Waals surface area contributed by atoms with E-state index in [1.165, 1.54) is 18.9 Å². The van der Waals surface area contributed by atoms with Gasteiger partial charge in [0.1, 0.15) is 17.1 Å². The van der Waals surface area contributed by atoms with Crippen LogP contribution in [0.5, 0.6) is 5.75 Å². The molecule has 1 N–H and O–H groups in total. The number of anilines is 1. The molecule has 8 heteroatoms. The number of nitrogens with zero attached hydrogens (tertiary/aromatic N) is 4. The average molecular weight is 429 g/mol. The first-order valence-electron chi connectivity index (χ1n) is 12.3. The van der Waals surface area contributed by atoms with E-state index in [1.54, 1.807) is 6.92 Å². The largest absolute Gasteiger partial charge is 0.497 e. The third-order valence-electron chi connectivity index (χ3n) is 6.30. The van der Waals surface area contributed by atoms with Crippen LogP contribution in [0.4, 0.5) is 10.2 Å². The Morgan fingerprint density at radius 1 is 1.23 bits per heavy atom. The molecule has 1 saturated carbocycles. The standard InChI is InChI=1S/C23H28FN5O2/c1-13-18-10-17(30-3)11-19(24)21(18)27-22(20(13)23-26-14(2)28-31-23)29-8-6-16(7-9-29)25-12-15-4-5-15/h10-11,15-16,25H,4-9,12H2,1-3H3/i3D3. The molecule has 1 aliphatic carbocycles. The maximum atomic E-state index is 15.1. The fourth-order valence-corrected chi connectivity index (χ4v) is 4.33. The zero-order chi connectivity index (χ0) is 24.0. The fourth-order valence-electron chi connectivity index (χ4n) is 4.33. The summed E-state index contributed by atoms with van der Waals surface area (Å²) in [5.74, 6) is 1.48. The molecule has 2 aromatic heterocycles. The highest BCUT2D eigenvalue weighted by Gasteiger charge is 2.29. The monoisotopic (exact) mass is 428 g/mol. The number of nitrogens with one attached hydrogen (secondary N) is 1. The number of ether oxygens (including phenoxy) is 1. The summed E-state index contributed by atoms with van der Waals surface area (Å²) < 4.78 is 47.6. The second-order valence-electron chi connectivity index (χ2n) is 8.60. The topological polar surface area (TPSA) is 76.3 Å². The van der Waals surface area contributed by atoms with E-state index in [2.05, 4.69) is 20.4 Å². The van der Waals surface area contributed by atoms with Gasteiger partial charge in [0.2, 0.25) is 0 Å². The third kappa shape index (κ3) is 3.96. The molecule has 1 aliphatic heterocycles. The van der Waals surface area contributed by atoms with Crippen LogP contribution in [-0.2, 0) is 0 Å². The minimum absolute atomic E-state index is 0.0853. The quantitative estimate of drug-likeness (QED) is 0.635. The summed E-state index contributed by atoms with van der Waals surface area (Å²) in [6.07, 6.45) is 4.57. The summed E-state index contributed by atoms with van der Waals surface area (Å²) in [4.78, 5) is 11.2. The number of piperidine rings is 1. The van der Waals surface area contributed by atoms with E-state index in [0.717, 1.165) is 44.5 Å². The molecule has 3 heterocycles. The number of aromatic nitrogens is 3. The number of aryl methyl sites for hydroxylation is 2. The highest BCUT2D eigenvalue weighted by molar-refractivity contribution is 5.93. The molecule has 1 saturated heterocycles. The van der Waals surface area contributed by atoms with Crippen LogP contribution >= 0.6 is 0 Å². The molecule has 0 amide bonds. The Hall–Kier alpha value is -2.74. The number of methoxy groups -OCH3 is 1. The molecule has 2 fully saturated rings. The van der Waals surface area contributed by atoms with Crippen molar-refractivity contribution in [1.29, 1.82) is 0 Å². The van der Waals surface area contributed by atoms with Crippen LogP contribution in [0.25, 0.3) is 22.4 Å². The molecule has 0 atom stereocenters. The van der Waals surface area contributed by atoms with E-state index < -0.39 is 12.9 Å². The van der Waals surface area contributed by atoms with Gasteiger partial charge in [0, 0.05) is 30.6 Å². The van der Waals surface area contributed by atoms with E-state index in [4.69, 9.17) is 18.4 Å².